The van der Waals surface area contributed by atoms with E-state index in [9.17, 15) is 19.5 Å². The monoisotopic (exact) mass is 511 g/mol. The fourth-order valence-electron chi connectivity index (χ4n) is 4.14. The molecular weight excluding hydrogens is 474 g/mol. The number of nitrogens with zero attached hydrogens (tertiary/aromatic N) is 3. The van der Waals surface area contributed by atoms with E-state index in [1.54, 1.807) is 58.6 Å². The summed E-state index contributed by atoms with van der Waals surface area (Å²) in [6, 6.07) is 9.78. The quantitative estimate of drug-likeness (QED) is 0.476. The summed E-state index contributed by atoms with van der Waals surface area (Å²) in [7, 11) is 0. The molecule has 1 aliphatic carbocycles. The summed E-state index contributed by atoms with van der Waals surface area (Å²) in [5.41, 5.74) is -1.11. The van der Waals surface area contributed by atoms with Crippen LogP contribution in [0.15, 0.2) is 42.9 Å². The third kappa shape index (κ3) is 7.44. The van der Waals surface area contributed by atoms with E-state index in [-0.39, 0.29) is 12.5 Å². The van der Waals surface area contributed by atoms with Gasteiger partial charge in [0.05, 0.1) is 12.0 Å². The highest BCUT2D eigenvalue weighted by Gasteiger charge is 2.62. The van der Waals surface area contributed by atoms with Gasteiger partial charge in [-0.15, -0.1) is 0 Å². The number of carbonyl (C=O) groups is 3. The number of carboxylic acid groups (broad SMARTS) is 1. The van der Waals surface area contributed by atoms with E-state index in [0.717, 1.165) is 10.5 Å². The molecule has 1 saturated carbocycles. The third-order valence-corrected chi connectivity index (χ3v) is 5.95. The van der Waals surface area contributed by atoms with Gasteiger partial charge in [-0.1, -0.05) is 30.3 Å². The number of aliphatic carboxylic acids is 1. The van der Waals surface area contributed by atoms with E-state index < -0.39 is 34.8 Å². The minimum atomic E-state index is -1.07. The first-order valence-electron chi connectivity index (χ1n) is 12.5. The van der Waals surface area contributed by atoms with Gasteiger partial charge in [-0.25, -0.2) is 19.5 Å². The Morgan fingerprint density at radius 1 is 1.08 bits per heavy atom. The lowest BCUT2D eigenvalue weighted by molar-refractivity contribution is -0.140. The maximum absolute atomic E-state index is 12.7. The Hall–Kier alpha value is -3.62. The number of carbonyl (C=O) groups excluding carboxylic acids is 2. The van der Waals surface area contributed by atoms with Gasteiger partial charge in [0, 0.05) is 18.9 Å². The molecule has 0 bridgehead atoms. The molecule has 0 saturated heterocycles. The molecule has 1 aromatic heterocycles. The lowest BCUT2D eigenvalue weighted by Crippen LogP contribution is -2.44. The number of aromatic nitrogens is 2. The van der Waals surface area contributed by atoms with Crippen LogP contribution in [0.3, 0.4) is 0 Å². The Bertz CT molecular complexity index is 1110. The molecule has 200 valence electrons. The lowest BCUT2D eigenvalue weighted by Gasteiger charge is -2.28. The van der Waals surface area contributed by atoms with E-state index in [2.05, 4.69) is 4.98 Å². The van der Waals surface area contributed by atoms with Crippen molar-refractivity contribution in [2.75, 3.05) is 6.54 Å². The van der Waals surface area contributed by atoms with Crippen LogP contribution in [0.2, 0.25) is 0 Å². The van der Waals surface area contributed by atoms with E-state index >= 15 is 0 Å². The molecule has 1 unspecified atom stereocenters. The second-order valence-electron chi connectivity index (χ2n) is 11.4. The molecule has 0 spiro atoms. The summed E-state index contributed by atoms with van der Waals surface area (Å²) in [5.74, 6) is -1.09. The first kappa shape index (κ1) is 28.0. The molecule has 0 aliphatic heterocycles. The van der Waals surface area contributed by atoms with Crippen molar-refractivity contribution in [3.63, 3.8) is 0 Å². The maximum atomic E-state index is 12.7. The van der Waals surface area contributed by atoms with Crippen molar-refractivity contribution >= 4 is 30.4 Å². The SMILES string of the molecule is CC(C)(C)OC(=O)N(CCC[C@H]1CC1(C(=O)O)c1cn(C=Cc2ccccc2)cn1)C(=O)OC(C)(C)C. The Morgan fingerprint density at radius 3 is 2.22 bits per heavy atom. The topological polar surface area (TPSA) is 111 Å². The van der Waals surface area contributed by atoms with E-state index in [1.165, 1.54) is 0 Å². The summed E-state index contributed by atoms with van der Waals surface area (Å²) in [6.45, 7) is 10.4. The van der Waals surface area contributed by atoms with Crippen LogP contribution in [0.1, 0.15) is 72.1 Å². The number of ether oxygens (including phenoxy) is 2. The van der Waals surface area contributed by atoms with Crippen LogP contribution < -0.4 is 0 Å². The van der Waals surface area contributed by atoms with Gasteiger partial charge in [-0.05, 0) is 78.4 Å². The minimum absolute atomic E-state index is 0.0598. The normalized spacial score (nSPS) is 19.5. The standard InChI is InChI=1S/C28H37N3O6/c1-26(2,3)36-24(34)31(25(35)37-27(4,5)6)15-10-13-21-17-28(21,23(32)33)22-18-30(19-29-22)16-14-20-11-8-7-9-12-20/h7-9,11-12,14,16,18-19,21H,10,13,15,17H2,1-6H3,(H,32,33)/t21-,28?/m0/s1. The number of hydrogen-bond donors (Lipinski definition) is 1. The van der Waals surface area contributed by atoms with Gasteiger partial charge in [0.15, 0.2) is 0 Å². The van der Waals surface area contributed by atoms with Gasteiger partial charge in [0.25, 0.3) is 0 Å². The molecule has 2 amide bonds. The van der Waals surface area contributed by atoms with E-state index in [4.69, 9.17) is 9.47 Å². The summed E-state index contributed by atoms with van der Waals surface area (Å²) in [5, 5.41) is 10.1. The molecule has 9 heteroatoms. The second-order valence-corrected chi connectivity index (χ2v) is 11.4. The van der Waals surface area contributed by atoms with Gasteiger partial charge in [0.2, 0.25) is 0 Å². The van der Waals surface area contributed by atoms with Crippen molar-refractivity contribution in [3.05, 3.63) is 54.1 Å². The van der Waals surface area contributed by atoms with Crippen molar-refractivity contribution in [1.82, 2.24) is 14.5 Å². The number of benzene rings is 1. The highest BCUT2D eigenvalue weighted by atomic mass is 16.6. The molecule has 1 aliphatic rings. The highest BCUT2D eigenvalue weighted by Crippen LogP contribution is 2.56. The van der Waals surface area contributed by atoms with Crippen molar-refractivity contribution in [3.8, 4) is 0 Å². The molecular formula is C28H37N3O6. The predicted molar refractivity (Wildman–Crippen MR) is 140 cm³/mol. The third-order valence-electron chi connectivity index (χ3n) is 5.95. The number of hydrogen-bond acceptors (Lipinski definition) is 6. The van der Waals surface area contributed by atoms with E-state index in [1.807, 2.05) is 42.6 Å². The molecule has 1 N–H and O–H groups in total. The first-order valence-corrected chi connectivity index (χ1v) is 12.5. The Labute approximate surface area is 218 Å². The van der Waals surface area contributed by atoms with Crippen LogP contribution in [0.5, 0.6) is 0 Å². The zero-order chi connectivity index (χ0) is 27.4. The van der Waals surface area contributed by atoms with Crippen LogP contribution in [-0.2, 0) is 19.7 Å². The summed E-state index contributed by atoms with van der Waals surface area (Å²) in [6.07, 6.45) is 6.87. The number of amides is 2. The van der Waals surface area contributed by atoms with Crippen LogP contribution in [0.4, 0.5) is 9.59 Å². The van der Waals surface area contributed by atoms with Crippen LogP contribution in [-0.4, -0.2) is 55.5 Å². The molecule has 1 heterocycles. The van der Waals surface area contributed by atoms with E-state index in [0.29, 0.717) is 25.0 Å². The van der Waals surface area contributed by atoms with Gasteiger partial charge in [-0.2, -0.15) is 0 Å². The molecule has 3 rings (SSSR count). The van der Waals surface area contributed by atoms with Crippen molar-refractivity contribution in [2.45, 2.75) is 77.4 Å². The fraction of sp³-hybridized carbons (Fsp3) is 0.500. The average molecular weight is 512 g/mol. The summed E-state index contributed by atoms with van der Waals surface area (Å²) >= 11 is 0. The van der Waals surface area contributed by atoms with Crippen LogP contribution in [0, 0.1) is 5.92 Å². The Balaban J connectivity index is 1.65. The van der Waals surface area contributed by atoms with Gasteiger partial charge < -0.3 is 19.1 Å². The Morgan fingerprint density at radius 2 is 1.68 bits per heavy atom. The maximum Gasteiger partial charge on any atom is 0.419 e. The highest BCUT2D eigenvalue weighted by molar-refractivity contribution is 5.88. The predicted octanol–water partition coefficient (Wildman–Crippen LogP) is 5.81. The summed E-state index contributed by atoms with van der Waals surface area (Å²) in [4.78, 5) is 43.0. The Kier molecular flexibility index (Phi) is 8.15. The second kappa shape index (κ2) is 10.8. The van der Waals surface area contributed by atoms with Gasteiger partial charge in [-0.3, -0.25) is 4.79 Å². The number of rotatable bonds is 8. The van der Waals surface area contributed by atoms with Gasteiger partial charge in [0.1, 0.15) is 16.6 Å². The molecule has 9 nitrogen and oxygen atoms in total. The van der Waals surface area contributed by atoms with Gasteiger partial charge >= 0.3 is 18.2 Å². The van der Waals surface area contributed by atoms with Crippen LogP contribution >= 0.6 is 0 Å². The summed E-state index contributed by atoms with van der Waals surface area (Å²) < 4.78 is 12.5. The van der Waals surface area contributed by atoms with Crippen molar-refractivity contribution in [1.29, 1.82) is 0 Å². The average Bonchev–Trinajstić information content (AvgIpc) is 3.32. The number of carboxylic acids is 1. The lowest BCUT2D eigenvalue weighted by atomic mass is 9.98. The van der Waals surface area contributed by atoms with Crippen molar-refractivity contribution in [2.24, 2.45) is 5.92 Å². The smallest absolute Gasteiger partial charge is 0.419 e. The zero-order valence-corrected chi connectivity index (χ0v) is 22.4. The molecule has 2 atom stereocenters. The molecule has 1 aromatic carbocycles. The largest absolute Gasteiger partial charge is 0.481 e. The molecule has 0 radical (unpaired) electrons. The zero-order valence-electron chi connectivity index (χ0n) is 22.4. The fourth-order valence-corrected chi connectivity index (χ4v) is 4.14. The minimum Gasteiger partial charge on any atom is -0.481 e. The number of imide groups is 1. The molecule has 2 aromatic rings. The van der Waals surface area contributed by atoms with Crippen LogP contribution in [0.25, 0.3) is 12.3 Å². The number of imidazole rings is 1. The van der Waals surface area contributed by atoms with Crippen molar-refractivity contribution < 1.29 is 29.0 Å². The molecule has 1 fully saturated rings. The molecule has 37 heavy (non-hydrogen) atoms. The first-order chi connectivity index (χ1) is 17.2.